The molecule has 1 aromatic heterocycles. The van der Waals surface area contributed by atoms with Crippen LogP contribution in [0.1, 0.15) is 19.4 Å². The summed E-state index contributed by atoms with van der Waals surface area (Å²) in [7, 11) is 0. The SMILES string of the molecule is CC(C)(Cc1ccsc1)NCC(O)COc1ccccc1Br. The highest BCUT2D eigenvalue weighted by Crippen LogP contribution is 2.23. The van der Waals surface area contributed by atoms with E-state index in [-0.39, 0.29) is 12.1 Å². The fourth-order valence-electron chi connectivity index (χ4n) is 2.17. The molecule has 1 atom stereocenters. The van der Waals surface area contributed by atoms with Gasteiger partial charge in [0, 0.05) is 12.1 Å². The molecule has 2 rings (SSSR count). The molecule has 0 amide bonds. The largest absolute Gasteiger partial charge is 0.490 e. The zero-order valence-corrected chi connectivity index (χ0v) is 15.3. The molecule has 1 heterocycles. The number of hydrogen-bond acceptors (Lipinski definition) is 4. The third kappa shape index (κ3) is 5.72. The lowest BCUT2D eigenvalue weighted by Crippen LogP contribution is -2.46. The standard InChI is InChI=1S/C17H22BrNO2S/c1-17(2,9-13-7-8-22-12-13)19-10-14(20)11-21-16-6-4-3-5-15(16)18/h3-8,12,14,19-20H,9-11H2,1-2H3. The molecule has 0 saturated heterocycles. The second-order valence-corrected chi connectivity index (χ2v) is 7.60. The number of halogens is 1. The number of aliphatic hydroxyl groups excluding tert-OH is 1. The zero-order chi connectivity index (χ0) is 16.0. The first kappa shape index (κ1) is 17.5. The number of benzene rings is 1. The molecule has 1 aromatic carbocycles. The molecular formula is C17H22BrNO2S. The van der Waals surface area contributed by atoms with Gasteiger partial charge in [-0.3, -0.25) is 0 Å². The Morgan fingerprint density at radius 2 is 2.09 bits per heavy atom. The van der Waals surface area contributed by atoms with Gasteiger partial charge in [0.2, 0.25) is 0 Å². The van der Waals surface area contributed by atoms with E-state index in [0.717, 1.165) is 16.6 Å². The number of thiophene rings is 1. The van der Waals surface area contributed by atoms with Crippen molar-refractivity contribution < 1.29 is 9.84 Å². The van der Waals surface area contributed by atoms with E-state index < -0.39 is 6.10 Å². The van der Waals surface area contributed by atoms with Crippen molar-refractivity contribution in [1.82, 2.24) is 5.32 Å². The van der Waals surface area contributed by atoms with Crippen LogP contribution in [0, 0.1) is 0 Å². The Labute approximate surface area is 144 Å². The smallest absolute Gasteiger partial charge is 0.133 e. The second kappa shape index (κ2) is 8.11. The topological polar surface area (TPSA) is 41.5 Å². The van der Waals surface area contributed by atoms with E-state index in [4.69, 9.17) is 4.74 Å². The van der Waals surface area contributed by atoms with Crippen LogP contribution in [0.25, 0.3) is 0 Å². The number of para-hydroxylation sites is 1. The van der Waals surface area contributed by atoms with Gasteiger partial charge in [0.25, 0.3) is 0 Å². The molecule has 1 unspecified atom stereocenters. The van der Waals surface area contributed by atoms with Gasteiger partial charge in [0.1, 0.15) is 18.5 Å². The van der Waals surface area contributed by atoms with Gasteiger partial charge >= 0.3 is 0 Å². The summed E-state index contributed by atoms with van der Waals surface area (Å²) in [5.41, 5.74) is 1.26. The Morgan fingerprint density at radius 3 is 2.77 bits per heavy atom. The zero-order valence-electron chi connectivity index (χ0n) is 12.9. The van der Waals surface area contributed by atoms with Gasteiger partial charge in [-0.1, -0.05) is 12.1 Å². The van der Waals surface area contributed by atoms with Crippen LogP contribution in [0.15, 0.2) is 45.6 Å². The maximum atomic E-state index is 10.1. The number of β-amino-alcohol motifs (C(OH)–C–C–N with tert-alkyl or cyclic N) is 1. The second-order valence-electron chi connectivity index (χ2n) is 5.97. The molecule has 5 heteroatoms. The van der Waals surface area contributed by atoms with Gasteiger partial charge in [0.05, 0.1) is 4.47 Å². The Morgan fingerprint density at radius 1 is 1.32 bits per heavy atom. The summed E-state index contributed by atoms with van der Waals surface area (Å²) in [5.74, 6) is 0.749. The number of aliphatic hydroxyl groups is 1. The van der Waals surface area contributed by atoms with Crippen LogP contribution in [0.2, 0.25) is 0 Å². The van der Waals surface area contributed by atoms with E-state index in [1.165, 1.54) is 5.56 Å². The molecule has 0 fully saturated rings. The van der Waals surface area contributed by atoms with Gasteiger partial charge < -0.3 is 15.2 Å². The number of hydrogen-bond donors (Lipinski definition) is 2. The molecular weight excluding hydrogens is 362 g/mol. The summed E-state index contributed by atoms with van der Waals surface area (Å²) in [6.07, 6.45) is 0.391. The van der Waals surface area contributed by atoms with E-state index in [0.29, 0.717) is 6.54 Å². The Bertz CT molecular complexity index is 572. The van der Waals surface area contributed by atoms with E-state index in [9.17, 15) is 5.11 Å². The first-order valence-corrected chi connectivity index (χ1v) is 9.01. The lowest BCUT2D eigenvalue weighted by molar-refractivity contribution is 0.0985. The lowest BCUT2D eigenvalue weighted by Gasteiger charge is -2.27. The molecule has 0 radical (unpaired) electrons. The normalized spacial score (nSPS) is 13.1. The van der Waals surface area contributed by atoms with Crippen molar-refractivity contribution in [3.05, 3.63) is 51.1 Å². The lowest BCUT2D eigenvalue weighted by atomic mass is 9.96. The molecule has 0 aliphatic rings. The average molecular weight is 384 g/mol. The van der Waals surface area contributed by atoms with Crippen LogP contribution >= 0.6 is 27.3 Å². The van der Waals surface area contributed by atoms with Gasteiger partial charge in [0.15, 0.2) is 0 Å². The average Bonchev–Trinajstić information content (AvgIpc) is 2.96. The Kier molecular flexibility index (Phi) is 6.44. The minimum atomic E-state index is -0.547. The van der Waals surface area contributed by atoms with E-state index >= 15 is 0 Å². The van der Waals surface area contributed by atoms with Gasteiger partial charge in [-0.25, -0.2) is 0 Å². The summed E-state index contributed by atoms with van der Waals surface area (Å²) in [4.78, 5) is 0. The minimum Gasteiger partial charge on any atom is -0.490 e. The number of ether oxygens (including phenoxy) is 1. The van der Waals surface area contributed by atoms with Gasteiger partial charge in [-0.2, -0.15) is 11.3 Å². The summed E-state index contributed by atoms with van der Waals surface area (Å²) in [6.45, 7) is 5.06. The fraction of sp³-hybridized carbons (Fsp3) is 0.412. The molecule has 0 bridgehead atoms. The third-order valence-electron chi connectivity index (χ3n) is 3.31. The highest BCUT2D eigenvalue weighted by Gasteiger charge is 2.19. The molecule has 2 aromatic rings. The molecule has 0 aliphatic carbocycles. The highest BCUT2D eigenvalue weighted by atomic mass is 79.9. The van der Waals surface area contributed by atoms with Crippen LogP contribution in [0.4, 0.5) is 0 Å². The van der Waals surface area contributed by atoms with E-state index in [1.54, 1.807) is 11.3 Å². The molecule has 2 N–H and O–H groups in total. The predicted octanol–water partition coefficient (Wildman–Crippen LogP) is 3.86. The quantitative estimate of drug-likeness (QED) is 0.726. The summed E-state index contributed by atoms with van der Waals surface area (Å²) in [6, 6.07) is 9.78. The number of nitrogens with one attached hydrogen (secondary N) is 1. The summed E-state index contributed by atoms with van der Waals surface area (Å²) >= 11 is 5.14. The van der Waals surface area contributed by atoms with Crippen LogP contribution in [0.5, 0.6) is 5.75 Å². The maximum Gasteiger partial charge on any atom is 0.133 e. The molecule has 0 spiro atoms. The van der Waals surface area contributed by atoms with Crippen LogP contribution < -0.4 is 10.1 Å². The van der Waals surface area contributed by atoms with Crippen molar-refractivity contribution in [3.63, 3.8) is 0 Å². The van der Waals surface area contributed by atoms with E-state index in [2.05, 4.69) is 51.9 Å². The highest BCUT2D eigenvalue weighted by molar-refractivity contribution is 9.10. The Hall–Kier alpha value is -0.880. The Balaban J connectivity index is 1.75. The van der Waals surface area contributed by atoms with Crippen molar-refractivity contribution in [2.45, 2.75) is 31.9 Å². The van der Waals surface area contributed by atoms with Crippen molar-refractivity contribution in [1.29, 1.82) is 0 Å². The summed E-state index contributed by atoms with van der Waals surface area (Å²) in [5, 5.41) is 17.8. The number of rotatable bonds is 8. The van der Waals surface area contributed by atoms with Crippen molar-refractivity contribution in [2.24, 2.45) is 0 Å². The van der Waals surface area contributed by atoms with Crippen molar-refractivity contribution in [3.8, 4) is 5.75 Å². The molecule has 0 saturated carbocycles. The molecule has 22 heavy (non-hydrogen) atoms. The first-order chi connectivity index (χ1) is 10.5. The first-order valence-electron chi connectivity index (χ1n) is 7.28. The molecule has 120 valence electrons. The predicted molar refractivity (Wildman–Crippen MR) is 95.7 cm³/mol. The minimum absolute atomic E-state index is 0.0601. The van der Waals surface area contributed by atoms with Crippen molar-refractivity contribution in [2.75, 3.05) is 13.2 Å². The monoisotopic (exact) mass is 383 g/mol. The maximum absolute atomic E-state index is 10.1. The van der Waals surface area contributed by atoms with E-state index in [1.807, 2.05) is 24.3 Å². The third-order valence-corrected chi connectivity index (χ3v) is 4.70. The van der Waals surface area contributed by atoms with Crippen molar-refractivity contribution >= 4 is 27.3 Å². The summed E-state index contributed by atoms with van der Waals surface area (Å²) < 4.78 is 6.53. The van der Waals surface area contributed by atoms with Crippen LogP contribution in [-0.4, -0.2) is 29.9 Å². The molecule has 0 aliphatic heterocycles. The van der Waals surface area contributed by atoms with Gasteiger partial charge in [-0.05, 0) is 70.7 Å². The molecule has 3 nitrogen and oxygen atoms in total. The van der Waals surface area contributed by atoms with Crippen LogP contribution in [-0.2, 0) is 6.42 Å². The van der Waals surface area contributed by atoms with Gasteiger partial charge in [-0.15, -0.1) is 0 Å². The van der Waals surface area contributed by atoms with Crippen LogP contribution in [0.3, 0.4) is 0 Å². The fourth-order valence-corrected chi connectivity index (χ4v) is 3.23.